The minimum absolute atomic E-state index is 0.150. The molecule has 0 unspecified atom stereocenters. The van der Waals surface area contributed by atoms with Crippen LogP contribution in [0.25, 0.3) is 38.3 Å². The number of carbonyl (C=O) groups excluding carboxylic acids is 1. The van der Waals surface area contributed by atoms with Crippen LogP contribution in [0.1, 0.15) is 18.2 Å². The molecule has 9 nitrogen and oxygen atoms in total. The third kappa shape index (κ3) is 4.18. The minimum Gasteiger partial charge on any atom is -0.340 e. The average Bonchev–Trinajstić information content (AvgIpc) is 3.63. The van der Waals surface area contributed by atoms with Gasteiger partial charge in [-0.15, -0.1) is 11.3 Å². The molecule has 0 saturated carbocycles. The standard InChI is InChI=1S/C26H26N8OS/c1-17-23(26-30-22(20-6-4-3-5-7-20)24(36-26)25-27-16-28-31-25)34-15-19(8-9-21(34)29-17)14-32-10-12-33(13-11-32)18(2)35/h3-9,15-16H,10-14H2,1-2H3,(H,27,28,31). The molecule has 6 rings (SSSR count). The highest BCUT2D eigenvalue weighted by Gasteiger charge is 2.23. The summed E-state index contributed by atoms with van der Waals surface area (Å²) in [6.07, 6.45) is 3.75. The molecule has 1 aromatic carbocycles. The van der Waals surface area contributed by atoms with E-state index in [4.69, 9.17) is 9.97 Å². The molecule has 0 bridgehead atoms. The fourth-order valence-electron chi connectivity index (χ4n) is 4.72. The Balaban J connectivity index is 1.37. The van der Waals surface area contributed by atoms with E-state index in [0.29, 0.717) is 5.82 Å². The van der Waals surface area contributed by atoms with Crippen molar-refractivity contribution in [2.45, 2.75) is 20.4 Å². The number of aromatic nitrogens is 6. The highest BCUT2D eigenvalue weighted by Crippen LogP contribution is 2.40. The Kier molecular flexibility index (Phi) is 5.82. The fraction of sp³-hybridized carbons (Fsp3) is 0.269. The van der Waals surface area contributed by atoms with Crippen molar-refractivity contribution in [3.05, 3.63) is 66.2 Å². The van der Waals surface area contributed by atoms with Crippen LogP contribution in [0.4, 0.5) is 0 Å². The van der Waals surface area contributed by atoms with E-state index in [2.05, 4.69) is 54.9 Å². The van der Waals surface area contributed by atoms with Gasteiger partial charge in [0.2, 0.25) is 5.91 Å². The van der Waals surface area contributed by atoms with Crippen LogP contribution < -0.4 is 0 Å². The molecule has 0 aliphatic carbocycles. The largest absolute Gasteiger partial charge is 0.340 e. The van der Waals surface area contributed by atoms with Gasteiger partial charge in [-0.25, -0.2) is 15.0 Å². The van der Waals surface area contributed by atoms with Crippen molar-refractivity contribution in [2.24, 2.45) is 0 Å². The molecule has 36 heavy (non-hydrogen) atoms. The normalized spacial score (nSPS) is 14.6. The summed E-state index contributed by atoms with van der Waals surface area (Å²) in [5.41, 5.74) is 5.89. The maximum atomic E-state index is 11.7. The number of hydrogen-bond acceptors (Lipinski definition) is 7. The molecule has 0 spiro atoms. The van der Waals surface area contributed by atoms with Crippen LogP contribution in [0.15, 0.2) is 55.0 Å². The molecule has 1 aliphatic rings. The third-order valence-corrected chi connectivity index (χ3v) is 7.63. The summed E-state index contributed by atoms with van der Waals surface area (Å²) in [7, 11) is 0. The molecule has 5 heterocycles. The number of imidazole rings is 1. The Labute approximate surface area is 212 Å². The fourth-order valence-corrected chi connectivity index (χ4v) is 5.84. The van der Waals surface area contributed by atoms with E-state index in [1.165, 1.54) is 5.56 Å². The Bertz CT molecular complexity index is 1510. The summed E-state index contributed by atoms with van der Waals surface area (Å²) in [6.45, 7) is 7.80. The van der Waals surface area contributed by atoms with Crippen LogP contribution in [0.2, 0.25) is 0 Å². The Morgan fingerprint density at radius 3 is 2.58 bits per heavy atom. The van der Waals surface area contributed by atoms with Crippen molar-refractivity contribution in [3.8, 4) is 32.7 Å². The maximum absolute atomic E-state index is 11.7. The van der Waals surface area contributed by atoms with Gasteiger partial charge in [0.05, 0.1) is 11.4 Å². The van der Waals surface area contributed by atoms with Crippen LogP contribution >= 0.6 is 11.3 Å². The number of thiazole rings is 1. The molecule has 182 valence electrons. The summed E-state index contributed by atoms with van der Waals surface area (Å²) in [5.74, 6) is 0.784. The molecule has 0 atom stereocenters. The number of fused-ring (bicyclic) bond motifs is 1. The number of hydrogen-bond donors (Lipinski definition) is 1. The van der Waals surface area contributed by atoms with Crippen LogP contribution in [-0.2, 0) is 11.3 Å². The molecule has 1 N–H and O–H groups in total. The van der Waals surface area contributed by atoms with Gasteiger partial charge >= 0.3 is 0 Å². The van der Waals surface area contributed by atoms with E-state index in [9.17, 15) is 4.79 Å². The lowest BCUT2D eigenvalue weighted by Gasteiger charge is -2.34. The minimum atomic E-state index is 0.150. The van der Waals surface area contributed by atoms with E-state index >= 15 is 0 Å². The maximum Gasteiger partial charge on any atom is 0.219 e. The third-order valence-electron chi connectivity index (χ3n) is 6.57. The lowest BCUT2D eigenvalue weighted by atomic mass is 10.1. The molecule has 1 saturated heterocycles. The van der Waals surface area contributed by atoms with E-state index in [-0.39, 0.29) is 5.91 Å². The number of aryl methyl sites for hydroxylation is 1. The summed E-state index contributed by atoms with van der Waals surface area (Å²) < 4.78 is 2.14. The number of aromatic amines is 1. The van der Waals surface area contributed by atoms with Crippen molar-refractivity contribution in [1.82, 2.24) is 39.3 Å². The second kappa shape index (κ2) is 9.29. The van der Waals surface area contributed by atoms with E-state index < -0.39 is 0 Å². The van der Waals surface area contributed by atoms with Gasteiger partial charge in [0.25, 0.3) is 0 Å². The zero-order valence-corrected chi connectivity index (χ0v) is 21.0. The van der Waals surface area contributed by atoms with Gasteiger partial charge in [0, 0.05) is 51.4 Å². The van der Waals surface area contributed by atoms with Gasteiger partial charge in [-0.1, -0.05) is 36.4 Å². The number of nitrogens with one attached hydrogen (secondary N) is 1. The molecule has 1 aliphatic heterocycles. The van der Waals surface area contributed by atoms with Crippen molar-refractivity contribution in [2.75, 3.05) is 26.2 Å². The molecule has 5 aromatic rings. The number of nitrogens with zero attached hydrogens (tertiary/aromatic N) is 7. The van der Waals surface area contributed by atoms with Crippen molar-refractivity contribution in [3.63, 3.8) is 0 Å². The van der Waals surface area contributed by atoms with Gasteiger partial charge in [0.1, 0.15) is 27.6 Å². The zero-order chi connectivity index (χ0) is 24.6. The van der Waals surface area contributed by atoms with Gasteiger partial charge < -0.3 is 4.90 Å². The lowest BCUT2D eigenvalue weighted by Crippen LogP contribution is -2.47. The second-order valence-corrected chi connectivity index (χ2v) is 9.98. The van der Waals surface area contributed by atoms with Crippen molar-refractivity contribution in [1.29, 1.82) is 0 Å². The van der Waals surface area contributed by atoms with E-state index in [0.717, 1.165) is 70.9 Å². The molecular weight excluding hydrogens is 472 g/mol. The van der Waals surface area contributed by atoms with Crippen LogP contribution in [-0.4, -0.2) is 71.4 Å². The van der Waals surface area contributed by atoms with Gasteiger partial charge in [-0.2, -0.15) is 5.10 Å². The summed E-state index contributed by atoms with van der Waals surface area (Å²) in [5, 5.41) is 8.03. The van der Waals surface area contributed by atoms with Crippen LogP contribution in [0.3, 0.4) is 0 Å². The van der Waals surface area contributed by atoms with Crippen molar-refractivity contribution < 1.29 is 4.79 Å². The Morgan fingerprint density at radius 1 is 1.06 bits per heavy atom. The Hall–Kier alpha value is -3.89. The SMILES string of the molecule is CC(=O)N1CCN(Cc2ccc3nc(C)c(-c4nc(-c5ccccc5)c(-c5nc[nH]n5)s4)n3c2)CC1. The van der Waals surface area contributed by atoms with E-state index in [1.807, 2.05) is 30.0 Å². The first-order chi connectivity index (χ1) is 17.6. The molecule has 10 heteroatoms. The first kappa shape index (κ1) is 22.6. The molecule has 4 aromatic heterocycles. The van der Waals surface area contributed by atoms with Crippen molar-refractivity contribution >= 4 is 22.9 Å². The van der Waals surface area contributed by atoms with Crippen LogP contribution in [0, 0.1) is 6.92 Å². The smallest absolute Gasteiger partial charge is 0.219 e. The first-order valence-electron chi connectivity index (χ1n) is 11.9. The topological polar surface area (TPSA) is 95.3 Å². The van der Waals surface area contributed by atoms with E-state index in [1.54, 1.807) is 24.6 Å². The quantitative estimate of drug-likeness (QED) is 0.395. The highest BCUT2D eigenvalue weighted by atomic mass is 32.1. The van der Waals surface area contributed by atoms with Gasteiger partial charge in [0.15, 0.2) is 5.82 Å². The number of benzene rings is 1. The predicted molar refractivity (Wildman–Crippen MR) is 139 cm³/mol. The number of piperazine rings is 1. The highest BCUT2D eigenvalue weighted by molar-refractivity contribution is 7.18. The summed E-state index contributed by atoms with van der Waals surface area (Å²) >= 11 is 1.58. The first-order valence-corrected chi connectivity index (χ1v) is 12.8. The number of amides is 1. The monoisotopic (exact) mass is 498 g/mol. The van der Waals surface area contributed by atoms with Gasteiger partial charge in [-0.3, -0.25) is 19.2 Å². The van der Waals surface area contributed by atoms with Crippen LogP contribution in [0.5, 0.6) is 0 Å². The summed E-state index contributed by atoms with van der Waals surface area (Å²) in [6, 6.07) is 14.3. The summed E-state index contributed by atoms with van der Waals surface area (Å²) in [4.78, 5) is 31.2. The average molecular weight is 499 g/mol. The molecular formula is C26H26N8OS. The molecule has 1 amide bonds. The zero-order valence-electron chi connectivity index (χ0n) is 20.2. The number of rotatable bonds is 5. The number of carbonyl (C=O) groups is 1. The lowest BCUT2D eigenvalue weighted by molar-refractivity contribution is -0.130. The second-order valence-electron chi connectivity index (χ2n) is 8.98. The van der Waals surface area contributed by atoms with Gasteiger partial charge in [-0.05, 0) is 18.6 Å². The number of H-pyrrole nitrogens is 1. The Morgan fingerprint density at radius 2 is 1.86 bits per heavy atom. The molecule has 1 fully saturated rings. The molecule has 0 radical (unpaired) electrons. The number of pyridine rings is 1. The predicted octanol–water partition coefficient (Wildman–Crippen LogP) is 3.88.